The minimum atomic E-state index is -0.222. The van der Waals surface area contributed by atoms with Gasteiger partial charge in [0.15, 0.2) is 0 Å². The molecule has 0 radical (unpaired) electrons. The van der Waals surface area contributed by atoms with Gasteiger partial charge >= 0.3 is 0 Å². The molecular weight excluding hydrogens is 208 g/mol. The zero-order valence-corrected chi connectivity index (χ0v) is 9.09. The highest BCUT2D eigenvalue weighted by molar-refractivity contribution is 7.13. The van der Waals surface area contributed by atoms with Crippen molar-refractivity contribution in [3.05, 3.63) is 35.1 Å². The molecule has 1 aliphatic rings. The van der Waals surface area contributed by atoms with Crippen molar-refractivity contribution in [2.24, 2.45) is 0 Å². The number of aliphatic hydroxyl groups excluding tert-OH is 1. The van der Waals surface area contributed by atoms with Crippen LogP contribution in [0.5, 0.6) is 0 Å². The smallest absolute Gasteiger partial charge is 0.110 e. The zero-order valence-electron chi connectivity index (χ0n) is 8.27. The zero-order chi connectivity index (χ0) is 10.3. The Bertz CT molecular complexity index is 456. The van der Waals surface area contributed by atoms with Crippen LogP contribution in [0.3, 0.4) is 0 Å². The van der Waals surface area contributed by atoms with E-state index in [1.54, 1.807) is 11.3 Å². The molecule has 2 heterocycles. The molecule has 1 N–H and O–H groups in total. The molecule has 78 valence electrons. The van der Waals surface area contributed by atoms with Crippen molar-refractivity contribution in [3.63, 3.8) is 0 Å². The van der Waals surface area contributed by atoms with Crippen molar-refractivity contribution in [2.45, 2.75) is 25.4 Å². The highest BCUT2D eigenvalue weighted by Crippen LogP contribution is 2.35. The van der Waals surface area contributed by atoms with Crippen LogP contribution in [0, 0.1) is 0 Å². The monoisotopic (exact) mass is 220 g/mol. The van der Waals surface area contributed by atoms with Crippen LogP contribution in [0.4, 0.5) is 0 Å². The molecule has 1 atom stereocenters. The molecule has 0 saturated heterocycles. The first-order valence-corrected chi connectivity index (χ1v) is 6.04. The van der Waals surface area contributed by atoms with Crippen LogP contribution in [-0.2, 0) is 12.8 Å². The number of rotatable bonds is 1. The second kappa shape index (κ2) is 3.51. The highest BCUT2D eigenvalue weighted by Gasteiger charge is 2.23. The Morgan fingerprint density at radius 3 is 3.20 bits per heavy atom. The summed E-state index contributed by atoms with van der Waals surface area (Å²) in [7, 11) is 0. The number of aliphatic hydroxyl groups is 1. The van der Waals surface area contributed by atoms with Crippen molar-refractivity contribution in [1.29, 1.82) is 0 Å². The van der Waals surface area contributed by atoms with Crippen LogP contribution in [-0.4, -0.2) is 11.2 Å². The van der Waals surface area contributed by atoms with E-state index in [1.165, 1.54) is 16.0 Å². The molecular formula is C12H12O2S. The number of furan rings is 1. The molecule has 0 aliphatic heterocycles. The van der Waals surface area contributed by atoms with Gasteiger partial charge < -0.3 is 9.52 Å². The minimum Gasteiger partial charge on any atom is -0.468 e. The van der Waals surface area contributed by atoms with Gasteiger partial charge in [-0.1, -0.05) is 6.07 Å². The summed E-state index contributed by atoms with van der Waals surface area (Å²) < 4.78 is 5.53. The molecule has 0 fully saturated rings. The topological polar surface area (TPSA) is 33.4 Å². The first-order valence-electron chi connectivity index (χ1n) is 5.16. The summed E-state index contributed by atoms with van der Waals surface area (Å²) in [5.74, 6) is 0.970. The summed E-state index contributed by atoms with van der Waals surface area (Å²) in [6, 6.07) is 4.16. The van der Waals surface area contributed by atoms with Crippen LogP contribution in [0.2, 0.25) is 0 Å². The Morgan fingerprint density at radius 2 is 2.40 bits per heavy atom. The van der Waals surface area contributed by atoms with E-state index in [1.807, 2.05) is 6.26 Å². The molecule has 2 aromatic heterocycles. The molecule has 0 spiro atoms. The largest absolute Gasteiger partial charge is 0.468 e. The minimum absolute atomic E-state index is 0.222. The van der Waals surface area contributed by atoms with Crippen LogP contribution < -0.4 is 0 Å². The van der Waals surface area contributed by atoms with Crippen LogP contribution in [0.25, 0.3) is 10.4 Å². The molecule has 0 bridgehead atoms. The molecule has 2 nitrogen and oxygen atoms in total. The van der Waals surface area contributed by atoms with Gasteiger partial charge in [-0.2, -0.15) is 0 Å². The summed E-state index contributed by atoms with van der Waals surface area (Å²) >= 11 is 1.73. The van der Waals surface area contributed by atoms with Crippen molar-refractivity contribution in [3.8, 4) is 10.4 Å². The van der Waals surface area contributed by atoms with E-state index in [0.29, 0.717) is 6.42 Å². The fraction of sp³-hybridized carbons (Fsp3) is 0.333. The normalized spacial score (nSPS) is 20.2. The van der Waals surface area contributed by atoms with E-state index in [-0.39, 0.29) is 6.10 Å². The van der Waals surface area contributed by atoms with Gasteiger partial charge in [0, 0.05) is 22.4 Å². The highest BCUT2D eigenvalue weighted by atomic mass is 32.1. The maximum absolute atomic E-state index is 9.54. The predicted octanol–water partition coefficient (Wildman–Crippen LogP) is 2.86. The Labute approximate surface area is 92.2 Å². The second-order valence-corrected chi connectivity index (χ2v) is 4.87. The Kier molecular flexibility index (Phi) is 2.15. The summed E-state index contributed by atoms with van der Waals surface area (Å²) in [4.78, 5) is 1.26. The second-order valence-electron chi connectivity index (χ2n) is 3.93. The molecule has 3 rings (SSSR count). The van der Waals surface area contributed by atoms with E-state index < -0.39 is 0 Å². The molecule has 1 aliphatic carbocycles. The molecule has 0 amide bonds. The lowest BCUT2D eigenvalue weighted by Gasteiger charge is -2.16. The maximum atomic E-state index is 9.54. The predicted molar refractivity (Wildman–Crippen MR) is 60.1 cm³/mol. The van der Waals surface area contributed by atoms with Crippen molar-refractivity contribution >= 4 is 11.3 Å². The number of hydrogen-bond donors (Lipinski definition) is 1. The van der Waals surface area contributed by atoms with Crippen LogP contribution in [0.1, 0.15) is 17.7 Å². The van der Waals surface area contributed by atoms with E-state index >= 15 is 0 Å². The molecule has 15 heavy (non-hydrogen) atoms. The molecule has 0 aromatic carbocycles. The lowest BCUT2D eigenvalue weighted by atomic mass is 9.93. The third-order valence-electron chi connectivity index (χ3n) is 2.92. The fourth-order valence-corrected chi connectivity index (χ4v) is 2.89. The lowest BCUT2D eigenvalue weighted by Crippen LogP contribution is -2.17. The third-order valence-corrected chi connectivity index (χ3v) is 3.82. The summed E-state index contributed by atoms with van der Waals surface area (Å²) in [5.41, 5.74) is 2.51. The van der Waals surface area contributed by atoms with Gasteiger partial charge in [-0.3, -0.25) is 0 Å². The van der Waals surface area contributed by atoms with Gasteiger partial charge in [-0.05, 0) is 24.3 Å². The molecule has 3 heteroatoms. The summed E-state index contributed by atoms with van der Waals surface area (Å²) in [6.07, 6.45) is 4.06. The van der Waals surface area contributed by atoms with Gasteiger partial charge in [0.2, 0.25) is 0 Å². The van der Waals surface area contributed by atoms with Crippen molar-refractivity contribution in [2.75, 3.05) is 0 Å². The summed E-state index contributed by atoms with van der Waals surface area (Å²) in [6.45, 7) is 0. The fourth-order valence-electron chi connectivity index (χ4n) is 2.13. The molecule has 2 aromatic rings. The average molecular weight is 220 g/mol. The van der Waals surface area contributed by atoms with Gasteiger partial charge in [0.1, 0.15) is 5.76 Å². The Hall–Kier alpha value is -1.06. The summed E-state index contributed by atoms with van der Waals surface area (Å²) in [5, 5.41) is 11.6. The van der Waals surface area contributed by atoms with E-state index in [2.05, 4.69) is 17.5 Å². The van der Waals surface area contributed by atoms with Gasteiger partial charge in [-0.25, -0.2) is 0 Å². The Morgan fingerprint density at radius 1 is 1.47 bits per heavy atom. The van der Waals surface area contributed by atoms with Gasteiger partial charge in [-0.15, -0.1) is 11.3 Å². The van der Waals surface area contributed by atoms with E-state index in [0.717, 1.165) is 18.6 Å². The van der Waals surface area contributed by atoms with Crippen molar-refractivity contribution < 1.29 is 9.52 Å². The molecule has 1 unspecified atom stereocenters. The Balaban J connectivity index is 2.05. The average Bonchev–Trinajstić information content (AvgIpc) is 2.82. The number of hydrogen-bond acceptors (Lipinski definition) is 3. The third kappa shape index (κ3) is 1.52. The number of thiophene rings is 1. The van der Waals surface area contributed by atoms with Crippen LogP contribution in [0.15, 0.2) is 28.2 Å². The van der Waals surface area contributed by atoms with E-state index in [9.17, 15) is 5.11 Å². The maximum Gasteiger partial charge on any atom is 0.110 e. The van der Waals surface area contributed by atoms with Crippen molar-refractivity contribution in [1.82, 2.24) is 0 Å². The first kappa shape index (κ1) is 9.19. The van der Waals surface area contributed by atoms with Gasteiger partial charge in [0.05, 0.1) is 12.4 Å². The lowest BCUT2D eigenvalue weighted by molar-refractivity contribution is 0.150. The number of fused-ring (bicyclic) bond motifs is 1. The van der Waals surface area contributed by atoms with E-state index in [4.69, 9.17) is 4.42 Å². The molecule has 0 saturated carbocycles. The van der Waals surface area contributed by atoms with Crippen LogP contribution >= 0.6 is 11.3 Å². The SMILES string of the molecule is OC1CCc2c(-c3cccs3)coc2C1. The quantitative estimate of drug-likeness (QED) is 0.801. The standard InChI is InChI=1S/C12H12O2S/c13-8-3-4-9-10(7-14-11(9)6-8)12-2-1-5-15-12/h1-2,5,7-8,13H,3-4,6H2. The first-order chi connectivity index (χ1) is 7.34. The van der Waals surface area contributed by atoms with Gasteiger partial charge in [0.25, 0.3) is 0 Å².